The highest BCUT2D eigenvalue weighted by atomic mass is 32.1. The van der Waals surface area contributed by atoms with E-state index < -0.39 is 0 Å². The number of rotatable bonds is 8. The maximum atomic E-state index is 12.2. The fraction of sp³-hybridized carbons (Fsp3) is 0.533. The second kappa shape index (κ2) is 8.19. The molecule has 23 heavy (non-hydrogen) atoms. The Balaban J connectivity index is 2.00. The Labute approximate surface area is 139 Å². The van der Waals surface area contributed by atoms with Crippen LogP contribution < -0.4 is 5.32 Å². The molecule has 0 spiro atoms. The number of thiazole rings is 1. The zero-order valence-electron chi connectivity index (χ0n) is 13.9. The highest BCUT2D eigenvalue weighted by Gasteiger charge is 2.16. The minimum Gasteiger partial charge on any atom is -0.379 e. The molecule has 2 rings (SSSR count). The molecule has 1 amide bonds. The monoisotopic (exact) mass is 338 g/mol. The molecule has 0 fully saturated rings. The van der Waals surface area contributed by atoms with E-state index in [4.69, 9.17) is 9.47 Å². The third-order valence-corrected chi connectivity index (χ3v) is 4.26. The maximum Gasteiger partial charge on any atom is 0.230 e. The second-order valence-corrected chi connectivity index (χ2v) is 6.18. The molecular weight excluding hydrogens is 316 g/mol. The van der Waals surface area contributed by atoms with Gasteiger partial charge in [-0.15, -0.1) is 0 Å². The minimum absolute atomic E-state index is 0.106. The van der Waals surface area contributed by atoms with Crippen LogP contribution in [0.5, 0.6) is 0 Å². The lowest BCUT2D eigenvalue weighted by Gasteiger charge is -2.05. The third kappa shape index (κ3) is 4.60. The van der Waals surface area contributed by atoms with Gasteiger partial charge in [-0.05, 0) is 20.8 Å². The Kier molecular flexibility index (Phi) is 6.26. The van der Waals surface area contributed by atoms with Gasteiger partial charge in [0.25, 0.3) is 0 Å². The van der Waals surface area contributed by atoms with E-state index in [1.54, 1.807) is 18.0 Å². The van der Waals surface area contributed by atoms with E-state index in [0.29, 0.717) is 25.1 Å². The van der Waals surface area contributed by atoms with Crippen LogP contribution in [-0.4, -0.2) is 34.4 Å². The van der Waals surface area contributed by atoms with Gasteiger partial charge in [-0.2, -0.15) is 5.10 Å². The van der Waals surface area contributed by atoms with Crippen LogP contribution in [0.1, 0.15) is 28.8 Å². The summed E-state index contributed by atoms with van der Waals surface area (Å²) in [5.41, 5.74) is 2.72. The Bertz CT molecular complexity index is 666. The molecule has 1 N–H and O–H groups in total. The number of hydrogen-bond acceptors (Lipinski definition) is 6. The van der Waals surface area contributed by atoms with Crippen molar-refractivity contribution >= 4 is 22.4 Å². The van der Waals surface area contributed by atoms with Crippen molar-refractivity contribution in [1.29, 1.82) is 0 Å². The molecule has 0 aliphatic carbocycles. The van der Waals surface area contributed by atoms with Gasteiger partial charge in [-0.3, -0.25) is 4.79 Å². The molecule has 2 heterocycles. The van der Waals surface area contributed by atoms with E-state index in [2.05, 4.69) is 15.4 Å². The quantitative estimate of drug-likeness (QED) is 0.799. The fourth-order valence-corrected chi connectivity index (χ4v) is 2.99. The molecule has 2 aromatic rings. The lowest BCUT2D eigenvalue weighted by Crippen LogP contribution is -2.15. The van der Waals surface area contributed by atoms with E-state index in [0.717, 1.165) is 21.8 Å². The number of amides is 1. The summed E-state index contributed by atoms with van der Waals surface area (Å²) in [5, 5.41) is 7.82. The topological polar surface area (TPSA) is 78.3 Å². The van der Waals surface area contributed by atoms with E-state index >= 15 is 0 Å². The van der Waals surface area contributed by atoms with Crippen molar-refractivity contribution in [2.45, 2.75) is 40.5 Å². The highest BCUT2D eigenvalue weighted by Crippen LogP contribution is 2.20. The van der Waals surface area contributed by atoms with Gasteiger partial charge in [-0.1, -0.05) is 11.3 Å². The molecule has 8 heteroatoms. The molecule has 0 atom stereocenters. The maximum absolute atomic E-state index is 12.2. The van der Waals surface area contributed by atoms with E-state index in [1.165, 1.54) is 11.3 Å². The normalized spacial score (nSPS) is 11.0. The van der Waals surface area contributed by atoms with E-state index in [1.807, 2.05) is 20.8 Å². The average molecular weight is 338 g/mol. The third-order valence-electron chi connectivity index (χ3n) is 3.37. The van der Waals surface area contributed by atoms with Crippen molar-refractivity contribution in [3.05, 3.63) is 28.0 Å². The molecule has 0 saturated heterocycles. The summed E-state index contributed by atoms with van der Waals surface area (Å²) in [6, 6.07) is 0. The SMILES string of the molecule is CCOCn1nc(C)c(CC(=O)Nc2ncc(COC)s2)c1C. The van der Waals surface area contributed by atoms with Crippen LogP contribution in [0.25, 0.3) is 0 Å². The Morgan fingerprint density at radius 1 is 1.43 bits per heavy atom. The van der Waals surface area contributed by atoms with Gasteiger partial charge in [0.05, 0.1) is 23.6 Å². The zero-order chi connectivity index (χ0) is 16.8. The Morgan fingerprint density at radius 3 is 2.91 bits per heavy atom. The molecular formula is C15H22N4O3S. The number of hydrogen-bond donors (Lipinski definition) is 1. The summed E-state index contributed by atoms with van der Waals surface area (Å²) in [6.07, 6.45) is 1.98. The predicted octanol–water partition coefficient (Wildman–Crippen LogP) is 2.28. The number of methoxy groups -OCH3 is 1. The molecule has 0 aromatic carbocycles. The van der Waals surface area contributed by atoms with Gasteiger partial charge >= 0.3 is 0 Å². The van der Waals surface area contributed by atoms with Crippen LogP contribution >= 0.6 is 11.3 Å². The first-order chi connectivity index (χ1) is 11.0. The van der Waals surface area contributed by atoms with E-state index in [9.17, 15) is 4.79 Å². The van der Waals surface area contributed by atoms with Gasteiger partial charge in [0.1, 0.15) is 6.73 Å². The lowest BCUT2D eigenvalue weighted by atomic mass is 10.1. The number of carbonyl (C=O) groups is 1. The number of ether oxygens (including phenoxy) is 2. The Hall–Kier alpha value is -1.77. The summed E-state index contributed by atoms with van der Waals surface area (Å²) in [5.74, 6) is -0.106. The largest absolute Gasteiger partial charge is 0.379 e. The van der Waals surface area contributed by atoms with Crippen molar-refractivity contribution in [1.82, 2.24) is 14.8 Å². The predicted molar refractivity (Wildman–Crippen MR) is 88.5 cm³/mol. The molecule has 0 radical (unpaired) electrons. The molecule has 0 unspecified atom stereocenters. The minimum atomic E-state index is -0.106. The fourth-order valence-electron chi connectivity index (χ4n) is 2.19. The van der Waals surface area contributed by atoms with E-state index in [-0.39, 0.29) is 12.3 Å². The van der Waals surface area contributed by atoms with Gasteiger partial charge in [0.15, 0.2) is 5.13 Å². The first-order valence-electron chi connectivity index (χ1n) is 7.39. The molecule has 2 aromatic heterocycles. The number of anilines is 1. The number of aromatic nitrogens is 3. The molecule has 0 aliphatic heterocycles. The van der Waals surface area contributed by atoms with Crippen molar-refractivity contribution < 1.29 is 14.3 Å². The highest BCUT2D eigenvalue weighted by molar-refractivity contribution is 7.15. The standard InChI is InChI=1S/C15H22N4O3S/c1-5-22-9-19-11(3)13(10(2)18-19)6-14(20)17-15-16-7-12(23-15)8-21-4/h7H,5-6,8-9H2,1-4H3,(H,16,17,20). The summed E-state index contributed by atoms with van der Waals surface area (Å²) in [6.45, 7) is 7.31. The lowest BCUT2D eigenvalue weighted by molar-refractivity contribution is -0.115. The van der Waals surface area contributed by atoms with Gasteiger partial charge in [0.2, 0.25) is 5.91 Å². The van der Waals surface area contributed by atoms with Crippen LogP contribution in [0.15, 0.2) is 6.20 Å². The van der Waals surface area contributed by atoms with Gasteiger partial charge < -0.3 is 14.8 Å². The zero-order valence-corrected chi connectivity index (χ0v) is 14.7. The number of nitrogens with one attached hydrogen (secondary N) is 1. The van der Waals surface area contributed by atoms with Gasteiger partial charge in [-0.25, -0.2) is 9.67 Å². The second-order valence-electron chi connectivity index (χ2n) is 5.06. The van der Waals surface area contributed by atoms with Crippen LogP contribution in [0.4, 0.5) is 5.13 Å². The van der Waals surface area contributed by atoms with Crippen molar-refractivity contribution in [2.24, 2.45) is 0 Å². The first kappa shape index (κ1) is 17.6. The first-order valence-corrected chi connectivity index (χ1v) is 8.20. The number of nitrogens with zero attached hydrogens (tertiary/aromatic N) is 3. The summed E-state index contributed by atoms with van der Waals surface area (Å²) in [4.78, 5) is 17.4. The van der Waals surface area contributed by atoms with Crippen molar-refractivity contribution in [2.75, 3.05) is 19.0 Å². The van der Waals surface area contributed by atoms with Crippen LogP contribution in [0, 0.1) is 13.8 Å². The average Bonchev–Trinajstić information content (AvgIpc) is 3.05. The molecule has 0 bridgehead atoms. The number of aryl methyl sites for hydroxylation is 1. The van der Waals surface area contributed by atoms with Crippen LogP contribution in [0.2, 0.25) is 0 Å². The van der Waals surface area contributed by atoms with Gasteiger partial charge in [0, 0.05) is 31.2 Å². The molecule has 0 saturated carbocycles. The summed E-state index contributed by atoms with van der Waals surface area (Å²) in [7, 11) is 1.63. The number of carbonyl (C=O) groups excluding carboxylic acids is 1. The molecule has 7 nitrogen and oxygen atoms in total. The van der Waals surface area contributed by atoms with Crippen molar-refractivity contribution in [3.8, 4) is 0 Å². The van der Waals surface area contributed by atoms with Crippen LogP contribution in [0.3, 0.4) is 0 Å². The summed E-state index contributed by atoms with van der Waals surface area (Å²) >= 11 is 1.41. The molecule has 126 valence electrons. The van der Waals surface area contributed by atoms with Crippen LogP contribution in [-0.2, 0) is 34.0 Å². The molecule has 0 aliphatic rings. The smallest absolute Gasteiger partial charge is 0.230 e. The Morgan fingerprint density at radius 2 is 2.22 bits per heavy atom. The van der Waals surface area contributed by atoms with Crippen molar-refractivity contribution in [3.63, 3.8) is 0 Å². The summed E-state index contributed by atoms with van der Waals surface area (Å²) < 4.78 is 12.2.